The van der Waals surface area contributed by atoms with Crippen LogP contribution in [0.2, 0.25) is 0 Å². The third-order valence-corrected chi connectivity index (χ3v) is 4.33. The number of carbonyl (C=O) groups excluding carboxylic acids is 1. The highest BCUT2D eigenvalue weighted by molar-refractivity contribution is 7.92. The molecule has 0 aliphatic rings. The van der Waals surface area contributed by atoms with Crippen molar-refractivity contribution in [3.8, 4) is 0 Å². The maximum absolute atomic E-state index is 11.9. The van der Waals surface area contributed by atoms with Gasteiger partial charge in [0.05, 0.1) is 11.9 Å². The number of imidazole rings is 1. The molecule has 0 aliphatic heterocycles. The number of benzene rings is 1. The van der Waals surface area contributed by atoms with Gasteiger partial charge in [0.1, 0.15) is 11.5 Å². The van der Waals surface area contributed by atoms with Crippen LogP contribution in [-0.4, -0.2) is 30.0 Å². The average Bonchev–Trinajstić information content (AvgIpc) is 2.87. The fourth-order valence-corrected chi connectivity index (χ4v) is 2.99. The minimum Gasteiger partial charge on any atom is -0.338 e. The molecule has 118 valence electrons. The predicted molar refractivity (Wildman–Crippen MR) is 85.4 cm³/mol. The van der Waals surface area contributed by atoms with E-state index >= 15 is 0 Å². The van der Waals surface area contributed by atoms with Gasteiger partial charge in [0.25, 0.3) is 5.91 Å². The molecular formula is C14H18N4O3S. The summed E-state index contributed by atoms with van der Waals surface area (Å²) in [6, 6.07) is 6.46. The van der Waals surface area contributed by atoms with Gasteiger partial charge in [-0.3, -0.25) is 9.52 Å². The molecule has 0 atom stereocenters. The number of aromatic nitrogens is 2. The van der Waals surface area contributed by atoms with E-state index in [-0.39, 0.29) is 11.7 Å². The van der Waals surface area contributed by atoms with Gasteiger partial charge >= 0.3 is 0 Å². The van der Waals surface area contributed by atoms with Gasteiger partial charge in [-0.05, 0) is 37.6 Å². The molecular weight excluding hydrogens is 304 g/mol. The van der Waals surface area contributed by atoms with Gasteiger partial charge in [0.2, 0.25) is 10.0 Å². The zero-order chi connectivity index (χ0) is 16.2. The van der Waals surface area contributed by atoms with E-state index in [1.165, 1.54) is 6.20 Å². The van der Waals surface area contributed by atoms with E-state index in [0.717, 1.165) is 0 Å². The molecule has 0 fully saturated rings. The summed E-state index contributed by atoms with van der Waals surface area (Å²) in [6.45, 7) is 3.56. The standard InChI is InChI=1S/C14H18N4O3S/c1-3-8-22(20,21)18-12-6-4-11(5-7-12)17-14(19)13-9-15-10(2)16-13/h4-7,9,18H,3,8H2,1-2H3,(H,15,16)(H,17,19). The van der Waals surface area contributed by atoms with Gasteiger partial charge in [-0.1, -0.05) is 6.92 Å². The van der Waals surface area contributed by atoms with Gasteiger partial charge in [0.15, 0.2) is 0 Å². The molecule has 0 bridgehead atoms. The minimum absolute atomic E-state index is 0.0741. The van der Waals surface area contributed by atoms with Crippen molar-refractivity contribution >= 4 is 27.3 Å². The molecule has 0 spiro atoms. The SMILES string of the molecule is CCCS(=O)(=O)Nc1ccc(NC(=O)c2cnc(C)[nH]2)cc1. The molecule has 0 unspecified atom stereocenters. The summed E-state index contributed by atoms with van der Waals surface area (Å²) in [4.78, 5) is 18.7. The van der Waals surface area contributed by atoms with Crippen molar-refractivity contribution in [2.45, 2.75) is 20.3 Å². The number of H-pyrrole nitrogens is 1. The molecule has 0 saturated heterocycles. The molecule has 1 heterocycles. The van der Waals surface area contributed by atoms with Crippen molar-refractivity contribution in [1.29, 1.82) is 0 Å². The Balaban J connectivity index is 2.01. The van der Waals surface area contributed by atoms with Crippen LogP contribution in [0, 0.1) is 6.92 Å². The number of carbonyl (C=O) groups is 1. The number of amides is 1. The molecule has 22 heavy (non-hydrogen) atoms. The van der Waals surface area contributed by atoms with Crippen LogP contribution in [0.5, 0.6) is 0 Å². The number of anilines is 2. The molecule has 0 aliphatic carbocycles. The maximum atomic E-state index is 11.9. The molecule has 0 saturated carbocycles. The molecule has 1 aromatic carbocycles. The molecule has 0 radical (unpaired) electrons. The molecule has 7 nitrogen and oxygen atoms in total. The molecule has 1 amide bonds. The van der Waals surface area contributed by atoms with E-state index in [1.54, 1.807) is 38.1 Å². The van der Waals surface area contributed by atoms with Crippen molar-refractivity contribution in [1.82, 2.24) is 9.97 Å². The predicted octanol–water partition coefficient (Wildman–Crippen LogP) is 2.12. The summed E-state index contributed by atoms with van der Waals surface area (Å²) in [6.07, 6.45) is 2.00. The van der Waals surface area contributed by atoms with Crippen LogP contribution in [0.1, 0.15) is 29.7 Å². The Morgan fingerprint density at radius 3 is 2.41 bits per heavy atom. The second-order valence-electron chi connectivity index (χ2n) is 4.83. The number of aryl methyl sites for hydroxylation is 1. The number of sulfonamides is 1. The molecule has 2 rings (SSSR count). The van der Waals surface area contributed by atoms with Crippen LogP contribution in [0.4, 0.5) is 11.4 Å². The van der Waals surface area contributed by atoms with Crippen molar-refractivity contribution in [3.63, 3.8) is 0 Å². The lowest BCUT2D eigenvalue weighted by Crippen LogP contribution is -2.16. The quantitative estimate of drug-likeness (QED) is 0.757. The van der Waals surface area contributed by atoms with Crippen molar-refractivity contribution in [2.75, 3.05) is 15.8 Å². The summed E-state index contributed by atoms with van der Waals surface area (Å²) >= 11 is 0. The smallest absolute Gasteiger partial charge is 0.273 e. The third-order valence-electron chi connectivity index (χ3n) is 2.84. The van der Waals surface area contributed by atoms with Crippen molar-refractivity contribution in [2.24, 2.45) is 0 Å². The first-order chi connectivity index (χ1) is 10.4. The largest absolute Gasteiger partial charge is 0.338 e. The number of hydrogen-bond donors (Lipinski definition) is 3. The van der Waals surface area contributed by atoms with Crippen LogP contribution < -0.4 is 10.0 Å². The Labute approximate surface area is 129 Å². The van der Waals surface area contributed by atoms with E-state index in [1.807, 2.05) is 0 Å². The summed E-state index contributed by atoms with van der Waals surface area (Å²) in [5.41, 5.74) is 1.39. The van der Waals surface area contributed by atoms with E-state index in [9.17, 15) is 13.2 Å². The lowest BCUT2D eigenvalue weighted by atomic mass is 10.3. The van der Waals surface area contributed by atoms with Gasteiger partial charge < -0.3 is 10.3 Å². The zero-order valence-electron chi connectivity index (χ0n) is 12.4. The highest BCUT2D eigenvalue weighted by Crippen LogP contribution is 2.16. The second kappa shape index (κ2) is 6.61. The Morgan fingerprint density at radius 2 is 1.86 bits per heavy atom. The number of rotatable bonds is 6. The fraction of sp³-hybridized carbons (Fsp3) is 0.286. The van der Waals surface area contributed by atoms with E-state index in [4.69, 9.17) is 0 Å². The van der Waals surface area contributed by atoms with Gasteiger partial charge in [-0.15, -0.1) is 0 Å². The van der Waals surface area contributed by atoms with Crippen LogP contribution in [-0.2, 0) is 10.0 Å². The first-order valence-corrected chi connectivity index (χ1v) is 8.48. The lowest BCUT2D eigenvalue weighted by molar-refractivity contribution is 0.102. The minimum atomic E-state index is -3.31. The lowest BCUT2D eigenvalue weighted by Gasteiger charge is -2.08. The first-order valence-electron chi connectivity index (χ1n) is 6.83. The first kappa shape index (κ1) is 16.0. The van der Waals surface area contributed by atoms with Crippen molar-refractivity contribution in [3.05, 3.63) is 42.0 Å². The van der Waals surface area contributed by atoms with E-state index in [0.29, 0.717) is 29.3 Å². The average molecular weight is 322 g/mol. The molecule has 8 heteroatoms. The number of hydrogen-bond acceptors (Lipinski definition) is 4. The Kier molecular flexibility index (Phi) is 4.81. The van der Waals surface area contributed by atoms with E-state index < -0.39 is 10.0 Å². The van der Waals surface area contributed by atoms with E-state index in [2.05, 4.69) is 20.0 Å². The fourth-order valence-electron chi connectivity index (χ4n) is 1.86. The highest BCUT2D eigenvalue weighted by Gasteiger charge is 2.10. The number of aromatic amines is 1. The Hall–Kier alpha value is -2.35. The van der Waals surface area contributed by atoms with Crippen molar-refractivity contribution < 1.29 is 13.2 Å². The molecule has 3 N–H and O–H groups in total. The normalized spacial score (nSPS) is 11.2. The summed E-state index contributed by atoms with van der Waals surface area (Å²) in [5, 5.41) is 2.70. The van der Waals surface area contributed by atoms with Gasteiger partial charge in [-0.2, -0.15) is 0 Å². The zero-order valence-corrected chi connectivity index (χ0v) is 13.2. The maximum Gasteiger partial charge on any atom is 0.273 e. The summed E-state index contributed by atoms with van der Waals surface area (Å²) < 4.78 is 25.8. The number of nitrogens with zero attached hydrogens (tertiary/aromatic N) is 1. The van der Waals surface area contributed by atoms with Crippen LogP contribution >= 0.6 is 0 Å². The second-order valence-corrected chi connectivity index (χ2v) is 6.68. The molecule has 2 aromatic rings. The topological polar surface area (TPSA) is 104 Å². The third kappa shape index (κ3) is 4.32. The number of nitrogens with one attached hydrogen (secondary N) is 3. The van der Waals surface area contributed by atoms with Crippen LogP contribution in [0.3, 0.4) is 0 Å². The molecule has 1 aromatic heterocycles. The monoisotopic (exact) mass is 322 g/mol. The highest BCUT2D eigenvalue weighted by atomic mass is 32.2. The summed E-state index contributed by atoms with van der Waals surface area (Å²) in [7, 11) is -3.31. The Bertz CT molecular complexity index is 751. The van der Waals surface area contributed by atoms with Crippen LogP contribution in [0.15, 0.2) is 30.5 Å². The van der Waals surface area contributed by atoms with Crippen LogP contribution in [0.25, 0.3) is 0 Å². The van der Waals surface area contributed by atoms with Gasteiger partial charge in [0, 0.05) is 11.4 Å². The summed E-state index contributed by atoms with van der Waals surface area (Å²) in [5.74, 6) is 0.427. The van der Waals surface area contributed by atoms with Gasteiger partial charge in [-0.25, -0.2) is 13.4 Å². The Morgan fingerprint density at radius 1 is 1.23 bits per heavy atom.